The number of halogens is 1. The third-order valence-corrected chi connectivity index (χ3v) is 6.05. The molecule has 0 spiro atoms. The SMILES string of the molecule is CC(C)(C)OC(=O)N1CCN(c2ncc(-c3ccc(C(=O)NCc4ncc[nH]4)c(Cl)c3)cc2C#N)CC1. The predicted molar refractivity (Wildman–Crippen MR) is 139 cm³/mol. The van der Waals surface area contributed by atoms with Crippen LogP contribution in [0, 0.1) is 11.3 Å². The molecule has 1 fully saturated rings. The van der Waals surface area contributed by atoms with Gasteiger partial charge in [-0.2, -0.15) is 5.26 Å². The second-order valence-electron chi connectivity index (χ2n) is 9.57. The number of benzene rings is 1. The van der Waals surface area contributed by atoms with Gasteiger partial charge in [0, 0.05) is 50.3 Å². The first-order valence-corrected chi connectivity index (χ1v) is 12.2. The molecule has 0 aliphatic carbocycles. The summed E-state index contributed by atoms with van der Waals surface area (Å²) >= 11 is 6.42. The van der Waals surface area contributed by atoms with E-state index in [9.17, 15) is 14.9 Å². The number of nitriles is 1. The molecule has 0 unspecified atom stereocenters. The van der Waals surface area contributed by atoms with Crippen molar-refractivity contribution in [1.82, 2.24) is 25.2 Å². The van der Waals surface area contributed by atoms with Crippen LogP contribution < -0.4 is 10.2 Å². The Bertz CT molecular complexity index is 1320. The summed E-state index contributed by atoms with van der Waals surface area (Å²) in [5.74, 6) is 0.891. The molecule has 0 saturated carbocycles. The maximum Gasteiger partial charge on any atom is 0.410 e. The number of aromatic nitrogens is 3. The van der Waals surface area contributed by atoms with Crippen molar-refractivity contribution in [1.29, 1.82) is 5.26 Å². The zero-order chi connectivity index (χ0) is 26.6. The summed E-state index contributed by atoms with van der Waals surface area (Å²) in [5.41, 5.74) is 1.64. The van der Waals surface area contributed by atoms with Crippen molar-refractivity contribution in [3.63, 3.8) is 0 Å². The van der Waals surface area contributed by atoms with Gasteiger partial charge in [0.1, 0.15) is 23.3 Å². The van der Waals surface area contributed by atoms with E-state index in [0.717, 1.165) is 5.56 Å². The van der Waals surface area contributed by atoms with Crippen molar-refractivity contribution in [3.05, 3.63) is 64.8 Å². The number of amides is 2. The maximum absolute atomic E-state index is 12.5. The van der Waals surface area contributed by atoms with Gasteiger partial charge >= 0.3 is 6.09 Å². The highest BCUT2D eigenvalue weighted by atomic mass is 35.5. The lowest BCUT2D eigenvalue weighted by Crippen LogP contribution is -2.50. The lowest BCUT2D eigenvalue weighted by molar-refractivity contribution is 0.0240. The van der Waals surface area contributed by atoms with E-state index in [-0.39, 0.29) is 23.6 Å². The number of pyridine rings is 1. The van der Waals surface area contributed by atoms with Crippen LogP contribution in [0.3, 0.4) is 0 Å². The molecule has 4 rings (SSSR count). The minimum absolute atomic E-state index is 0.257. The molecule has 2 N–H and O–H groups in total. The molecule has 11 heteroatoms. The van der Waals surface area contributed by atoms with Crippen LogP contribution >= 0.6 is 11.6 Å². The van der Waals surface area contributed by atoms with Crippen molar-refractivity contribution < 1.29 is 14.3 Å². The van der Waals surface area contributed by atoms with Gasteiger partial charge in [-0.05, 0) is 44.5 Å². The lowest BCUT2D eigenvalue weighted by atomic mass is 10.0. The van der Waals surface area contributed by atoms with Gasteiger partial charge in [0.25, 0.3) is 5.91 Å². The van der Waals surface area contributed by atoms with E-state index in [1.165, 1.54) is 0 Å². The first-order valence-electron chi connectivity index (χ1n) is 11.8. The molecule has 3 aromatic rings. The van der Waals surface area contributed by atoms with Crippen LogP contribution in [0.5, 0.6) is 0 Å². The molecule has 0 bridgehead atoms. The second-order valence-corrected chi connectivity index (χ2v) is 9.98. The summed E-state index contributed by atoms with van der Waals surface area (Å²) in [4.78, 5) is 40.1. The van der Waals surface area contributed by atoms with Gasteiger partial charge in [0.05, 0.1) is 22.7 Å². The number of nitrogens with zero attached hydrogens (tertiary/aromatic N) is 5. The van der Waals surface area contributed by atoms with E-state index >= 15 is 0 Å². The Morgan fingerprint density at radius 2 is 1.92 bits per heavy atom. The Labute approximate surface area is 220 Å². The highest BCUT2D eigenvalue weighted by Gasteiger charge is 2.27. The molecule has 192 valence electrons. The summed E-state index contributed by atoms with van der Waals surface area (Å²) in [7, 11) is 0. The number of imidazole rings is 1. The average molecular weight is 522 g/mol. The second kappa shape index (κ2) is 10.9. The molecule has 2 aromatic heterocycles. The van der Waals surface area contributed by atoms with Crippen molar-refractivity contribution in [2.24, 2.45) is 0 Å². The van der Waals surface area contributed by atoms with E-state index < -0.39 is 5.60 Å². The van der Waals surface area contributed by atoms with E-state index in [0.29, 0.717) is 54.5 Å². The predicted octanol–water partition coefficient (Wildman–Crippen LogP) is 3.98. The highest BCUT2D eigenvalue weighted by molar-refractivity contribution is 6.34. The highest BCUT2D eigenvalue weighted by Crippen LogP contribution is 2.29. The number of H-pyrrole nitrogens is 1. The number of aromatic amines is 1. The van der Waals surface area contributed by atoms with Gasteiger partial charge in [-0.3, -0.25) is 4.79 Å². The Balaban J connectivity index is 1.44. The molecule has 3 heterocycles. The molecule has 10 nitrogen and oxygen atoms in total. The van der Waals surface area contributed by atoms with Crippen molar-refractivity contribution in [2.45, 2.75) is 32.9 Å². The fourth-order valence-electron chi connectivity index (χ4n) is 3.91. The Hall–Kier alpha value is -4.10. The third-order valence-electron chi connectivity index (χ3n) is 5.74. The summed E-state index contributed by atoms with van der Waals surface area (Å²) in [6, 6.07) is 9.08. The van der Waals surface area contributed by atoms with Crippen LogP contribution in [0.1, 0.15) is 42.5 Å². The molecule has 37 heavy (non-hydrogen) atoms. The molecule has 1 aromatic carbocycles. The zero-order valence-corrected chi connectivity index (χ0v) is 21.7. The normalized spacial score (nSPS) is 13.7. The van der Waals surface area contributed by atoms with Crippen molar-refractivity contribution in [3.8, 4) is 17.2 Å². The van der Waals surface area contributed by atoms with Crippen LogP contribution in [0.4, 0.5) is 10.6 Å². The number of anilines is 1. The van der Waals surface area contributed by atoms with E-state index in [4.69, 9.17) is 16.3 Å². The quantitative estimate of drug-likeness (QED) is 0.519. The number of carbonyl (C=O) groups excluding carboxylic acids is 2. The fraction of sp³-hybridized carbons (Fsp3) is 0.346. The van der Waals surface area contributed by atoms with Gasteiger partial charge in [0.2, 0.25) is 0 Å². The smallest absolute Gasteiger partial charge is 0.410 e. The molecular formula is C26H28ClN7O3. The van der Waals surface area contributed by atoms with Crippen molar-refractivity contribution >= 4 is 29.4 Å². The standard InChI is InChI=1S/C26H28ClN7O3/c1-26(2,3)37-25(36)34-10-8-33(9-11-34)23-18(14-28)12-19(15-31-23)17-4-5-20(21(27)13-17)24(35)32-16-22-29-6-7-30-22/h4-7,12-13,15H,8-11,16H2,1-3H3,(H,29,30)(H,32,35). The lowest BCUT2D eigenvalue weighted by Gasteiger charge is -2.36. The number of hydrogen-bond donors (Lipinski definition) is 2. The molecule has 2 amide bonds. The summed E-state index contributed by atoms with van der Waals surface area (Å²) in [5, 5.41) is 12.9. The van der Waals surface area contributed by atoms with Gasteiger partial charge in [0.15, 0.2) is 0 Å². The number of carbonyl (C=O) groups is 2. The first-order chi connectivity index (χ1) is 17.6. The van der Waals surface area contributed by atoms with Gasteiger partial charge in [-0.25, -0.2) is 14.8 Å². The first kappa shape index (κ1) is 26.0. The summed E-state index contributed by atoms with van der Waals surface area (Å²) in [6.45, 7) is 7.79. The number of nitrogens with one attached hydrogen (secondary N) is 2. The number of piperazine rings is 1. The summed E-state index contributed by atoms with van der Waals surface area (Å²) in [6.07, 6.45) is 4.63. The minimum atomic E-state index is -0.551. The van der Waals surface area contributed by atoms with Crippen LogP contribution in [0.15, 0.2) is 42.9 Å². The monoisotopic (exact) mass is 521 g/mol. The molecule has 1 saturated heterocycles. The van der Waals surface area contributed by atoms with Crippen LogP contribution in [-0.4, -0.2) is 63.6 Å². The molecule has 1 aliphatic heterocycles. The van der Waals surface area contributed by atoms with Crippen LogP contribution in [-0.2, 0) is 11.3 Å². The molecular weight excluding hydrogens is 494 g/mol. The van der Waals surface area contributed by atoms with Crippen LogP contribution in [0.2, 0.25) is 5.02 Å². The van der Waals surface area contributed by atoms with Crippen LogP contribution in [0.25, 0.3) is 11.1 Å². The molecule has 0 radical (unpaired) electrons. The number of rotatable bonds is 5. The molecule has 0 atom stereocenters. The topological polar surface area (TPSA) is 127 Å². The molecule has 1 aliphatic rings. The van der Waals surface area contributed by atoms with E-state index in [1.54, 1.807) is 47.8 Å². The van der Waals surface area contributed by atoms with Crippen molar-refractivity contribution in [2.75, 3.05) is 31.1 Å². The van der Waals surface area contributed by atoms with Gasteiger partial charge in [-0.1, -0.05) is 17.7 Å². The fourth-order valence-corrected chi connectivity index (χ4v) is 4.18. The Morgan fingerprint density at radius 1 is 1.16 bits per heavy atom. The van der Waals surface area contributed by atoms with E-state index in [2.05, 4.69) is 26.3 Å². The van der Waals surface area contributed by atoms with E-state index in [1.807, 2.05) is 25.7 Å². The maximum atomic E-state index is 12.5. The number of ether oxygens (including phenoxy) is 1. The average Bonchev–Trinajstić information content (AvgIpc) is 3.40. The zero-order valence-electron chi connectivity index (χ0n) is 20.9. The number of hydrogen-bond acceptors (Lipinski definition) is 7. The Kier molecular flexibility index (Phi) is 7.64. The Morgan fingerprint density at radius 3 is 2.54 bits per heavy atom. The summed E-state index contributed by atoms with van der Waals surface area (Å²) < 4.78 is 5.45. The minimum Gasteiger partial charge on any atom is -0.444 e. The largest absolute Gasteiger partial charge is 0.444 e. The van der Waals surface area contributed by atoms with Gasteiger partial charge < -0.3 is 24.8 Å². The van der Waals surface area contributed by atoms with Gasteiger partial charge in [-0.15, -0.1) is 0 Å². The third kappa shape index (κ3) is 6.37.